The summed E-state index contributed by atoms with van der Waals surface area (Å²) < 4.78 is 0.936. The number of halogens is 2. The second-order valence-electron chi connectivity index (χ2n) is 3.80. The highest BCUT2D eigenvalue weighted by molar-refractivity contribution is 9.10. The van der Waals surface area contributed by atoms with E-state index in [1.54, 1.807) is 24.3 Å². The lowest BCUT2D eigenvalue weighted by molar-refractivity contribution is 0.103. The van der Waals surface area contributed by atoms with Crippen molar-refractivity contribution in [2.24, 2.45) is 0 Å². The Morgan fingerprint density at radius 1 is 1.12 bits per heavy atom. The van der Waals surface area contributed by atoms with Gasteiger partial charge in [0.05, 0.1) is 0 Å². The molecule has 0 atom stereocenters. The highest BCUT2D eigenvalue weighted by Crippen LogP contribution is 2.20. The molecule has 0 aliphatic carbocycles. The van der Waals surface area contributed by atoms with Gasteiger partial charge in [-0.05, 0) is 30.7 Å². The van der Waals surface area contributed by atoms with Crippen LogP contribution < -0.4 is 0 Å². The van der Waals surface area contributed by atoms with Gasteiger partial charge < -0.3 is 0 Å². The van der Waals surface area contributed by atoms with Crippen LogP contribution in [0, 0.1) is 6.92 Å². The fourth-order valence-corrected chi connectivity index (χ4v) is 2.10. The summed E-state index contributed by atoms with van der Waals surface area (Å²) in [4.78, 5) is 12.2. The third kappa shape index (κ3) is 2.76. The summed E-state index contributed by atoms with van der Waals surface area (Å²) in [6.07, 6.45) is 0. The van der Waals surface area contributed by atoms with E-state index in [1.165, 1.54) is 0 Å². The lowest BCUT2D eigenvalue weighted by atomic mass is 10.0. The first-order valence-corrected chi connectivity index (χ1v) is 6.31. The van der Waals surface area contributed by atoms with Crippen molar-refractivity contribution < 1.29 is 4.79 Å². The van der Waals surface area contributed by atoms with Crippen LogP contribution in [0.5, 0.6) is 0 Å². The van der Waals surface area contributed by atoms with Crippen molar-refractivity contribution in [3.05, 3.63) is 68.7 Å². The van der Waals surface area contributed by atoms with Gasteiger partial charge in [0.15, 0.2) is 5.78 Å². The van der Waals surface area contributed by atoms with Crippen LogP contribution in [0.2, 0.25) is 5.02 Å². The normalized spacial score (nSPS) is 10.3. The maximum atomic E-state index is 12.2. The van der Waals surface area contributed by atoms with Gasteiger partial charge in [0.25, 0.3) is 0 Å². The first-order valence-electron chi connectivity index (χ1n) is 5.14. The van der Waals surface area contributed by atoms with Crippen LogP contribution >= 0.6 is 27.5 Å². The van der Waals surface area contributed by atoms with E-state index >= 15 is 0 Å². The summed E-state index contributed by atoms with van der Waals surface area (Å²) in [6, 6.07) is 12.5. The summed E-state index contributed by atoms with van der Waals surface area (Å²) in [5.74, 6) is -0.0202. The topological polar surface area (TPSA) is 17.1 Å². The zero-order chi connectivity index (χ0) is 12.4. The number of carbonyl (C=O) groups is 1. The number of aryl methyl sites for hydroxylation is 1. The smallest absolute Gasteiger partial charge is 0.193 e. The van der Waals surface area contributed by atoms with Gasteiger partial charge in [-0.3, -0.25) is 4.79 Å². The summed E-state index contributed by atoms with van der Waals surface area (Å²) in [5, 5.41) is 0.571. The van der Waals surface area contributed by atoms with Crippen LogP contribution in [-0.2, 0) is 0 Å². The molecule has 0 N–H and O–H groups in total. The van der Waals surface area contributed by atoms with E-state index in [2.05, 4.69) is 15.9 Å². The minimum atomic E-state index is -0.0202. The van der Waals surface area contributed by atoms with Crippen LogP contribution in [0.3, 0.4) is 0 Å². The van der Waals surface area contributed by atoms with Crippen molar-refractivity contribution in [1.82, 2.24) is 0 Å². The lowest BCUT2D eigenvalue weighted by Gasteiger charge is -2.04. The maximum Gasteiger partial charge on any atom is 0.193 e. The van der Waals surface area contributed by atoms with E-state index < -0.39 is 0 Å². The van der Waals surface area contributed by atoms with Gasteiger partial charge in [-0.25, -0.2) is 0 Å². The average Bonchev–Trinajstić information content (AvgIpc) is 2.32. The van der Waals surface area contributed by atoms with Crippen molar-refractivity contribution in [2.75, 3.05) is 0 Å². The molecule has 2 rings (SSSR count). The molecule has 3 heteroatoms. The van der Waals surface area contributed by atoms with Gasteiger partial charge in [-0.1, -0.05) is 51.8 Å². The molecule has 17 heavy (non-hydrogen) atoms. The van der Waals surface area contributed by atoms with Crippen molar-refractivity contribution >= 4 is 33.3 Å². The van der Waals surface area contributed by atoms with Gasteiger partial charge in [-0.15, -0.1) is 0 Å². The summed E-state index contributed by atoms with van der Waals surface area (Å²) in [7, 11) is 0. The highest BCUT2D eigenvalue weighted by atomic mass is 79.9. The van der Waals surface area contributed by atoms with E-state index in [9.17, 15) is 4.79 Å². The number of benzene rings is 2. The zero-order valence-corrected chi connectivity index (χ0v) is 11.5. The van der Waals surface area contributed by atoms with E-state index in [-0.39, 0.29) is 5.78 Å². The molecule has 0 unspecified atom stereocenters. The average molecular weight is 310 g/mol. The van der Waals surface area contributed by atoms with Gasteiger partial charge >= 0.3 is 0 Å². The quantitative estimate of drug-likeness (QED) is 0.738. The Balaban J connectivity index is 2.40. The first-order chi connectivity index (χ1) is 8.08. The molecule has 0 radical (unpaired) electrons. The monoisotopic (exact) mass is 308 g/mol. The van der Waals surface area contributed by atoms with E-state index in [4.69, 9.17) is 11.6 Å². The molecule has 1 nitrogen and oxygen atoms in total. The number of hydrogen-bond donors (Lipinski definition) is 0. The number of carbonyl (C=O) groups excluding carboxylic acids is 1. The Morgan fingerprint density at radius 2 is 1.82 bits per heavy atom. The SMILES string of the molecule is Cc1ccc(C(=O)c2cccc(Cl)c2)cc1Br. The number of rotatable bonds is 2. The molecule has 0 aliphatic rings. The summed E-state index contributed by atoms with van der Waals surface area (Å²) in [5.41, 5.74) is 2.37. The van der Waals surface area contributed by atoms with E-state index in [1.807, 2.05) is 25.1 Å². The Morgan fingerprint density at radius 3 is 2.47 bits per heavy atom. The molecule has 2 aromatic carbocycles. The summed E-state index contributed by atoms with van der Waals surface area (Å²) in [6.45, 7) is 1.98. The molecular weight excluding hydrogens is 300 g/mol. The number of ketones is 1. The molecule has 0 spiro atoms. The Hall–Kier alpha value is -1.12. The predicted molar refractivity (Wildman–Crippen MR) is 73.8 cm³/mol. The largest absolute Gasteiger partial charge is 0.289 e. The van der Waals surface area contributed by atoms with Crippen molar-refractivity contribution in [1.29, 1.82) is 0 Å². The molecule has 0 fully saturated rings. The predicted octanol–water partition coefficient (Wildman–Crippen LogP) is 4.64. The molecule has 0 bridgehead atoms. The minimum absolute atomic E-state index is 0.0202. The third-order valence-electron chi connectivity index (χ3n) is 2.52. The minimum Gasteiger partial charge on any atom is -0.289 e. The lowest BCUT2D eigenvalue weighted by Crippen LogP contribution is -2.01. The van der Waals surface area contributed by atoms with Crippen LogP contribution in [-0.4, -0.2) is 5.78 Å². The van der Waals surface area contributed by atoms with E-state index in [0.717, 1.165) is 10.0 Å². The Kier molecular flexibility index (Phi) is 3.65. The second-order valence-corrected chi connectivity index (χ2v) is 5.09. The highest BCUT2D eigenvalue weighted by Gasteiger charge is 2.10. The van der Waals surface area contributed by atoms with Gasteiger partial charge in [-0.2, -0.15) is 0 Å². The Bertz CT molecular complexity index is 578. The van der Waals surface area contributed by atoms with Gasteiger partial charge in [0, 0.05) is 20.6 Å². The second kappa shape index (κ2) is 5.03. The molecule has 86 valence electrons. The first kappa shape index (κ1) is 12.3. The Labute approximate surface area is 114 Å². The fraction of sp³-hybridized carbons (Fsp3) is 0.0714. The third-order valence-corrected chi connectivity index (χ3v) is 3.61. The molecule has 0 amide bonds. The molecule has 2 aromatic rings. The van der Waals surface area contributed by atoms with Gasteiger partial charge in [0.1, 0.15) is 0 Å². The van der Waals surface area contributed by atoms with Crippen LogP contribution in [0.25, 0.3) is 0 Å². The van der Waals surface area contributed by atoms with Gasteiger partial charge in [0.2, 0.25) is 0 Å². The number of hydrogen-bond acceptors (Lipinski definition) is 1. The van der Waals surface area contributed by atoms with Crippen molar-refractivity contribution in [3.8, 4) is 0 Å². The van der Waals surface area contributed by atoms with E-state index in [0.29, 0.717) is 16.1 Å². The fourth-order valence-electron chi connectivity index (χ4n) is 1.53. The molecule has 0 aromatic heterocycles. The van der Waals surface area contributed by atoms with Crippen LogP contribution in [0.1, 0.15) is 21.5 Å². The molecular formula is C14H10BrClO. The van der Waals surface area contributed by atoms with Crippen molar-refractivity contribution in [2.45, 2.75) is 6.92 Å². The molecule has 0 saturated heterocycles. The van der Waals surface area contributed by atoms with Crippen LogP contribution in [0.4, 0.5) is 0 Å². The molecule has 0 saturated carbocycles. The zero-order valence-electron chi connectivity index (χ0n) is 9.21. The maximum absolute atomic E-state index is 12.2. The van der Waals surface area contributed by atoms with Crippen LogP contribution in [0.15, 0.2) is 46.9 Å². The molecule has 0 aliphatic heterocycles. The van der Waals surface area contributed by atoms with Crippen molar-refractivity contribution in [3.63, 3.8) is 0 Å². The molecule has 0 heterocycles. The summed E-state index contributed by atoms with van der Waals surface area (Å²) >= 11 is 9.29. The standard InChI is InChI=1S/C14H10BrClO/c1-9-5-6-11(8-13(9)15)14(17)10-3-2-4-12(16)7-10/h2-8H,1H3.